The second-order valence-corrected chi connectivity index (χ2v) is 7.63. The first kappa shape index (κ1) is 20.4. The first-order chi connectivity index (χ1) is 14.7. The molecule has 1 saturated heterocycles. The van der Waals surface area contributed by atoms with Crippen LogP contribution in [0.4, 0.5) is 10.3 Å². The van der Waals surface area contributed by atoms with Gasteiger partial charge in [-0.3, -0.25) is 9.80 Å². The highest BCUT2D eigenvalue weighted by atomic mass is 19.1. The van der Waals surface area contributed by atoms with Gasteiger partial charge in [0.05, 0.1) is 6.54 Å². The maximum atomic E-state index is 13.9. The lowest BCUT2D eigenvalue weighted by Crippen LogP contribution is -2.47. The second-order valence-electron chi connectivity index (χ2n) is 7.63. The van der Waals surface area contributed by atoms with Crippen molar-refractivity contribution >= 4 is 5.95 Å². The fourth-order valence-electron chi connectivity index (χ4n) is 3.72. The Bertz CT molecular complexity index is 926. The van der Waals surface area contributed by atoms with E-state index in [1.54, 1.807) is 30.6 Å². The molecule has 3 aromatic rings. The Labute approximate surface area is 176 Å². The van der Waals surface area contributed by atoms with E-state index in [9.17, 15) is 4.39 Å². The molecule has 8 heteroatoms. The molecule has 0 saturated carbocycles. The van der Waals surface area contributed by atoms with Crippen LogP contribution in [0.5, 0.6) is 0 Å². The average molecular weight is 410 g/mol. The average Bonchev–Trinajstić information content (AvgIpc) is 3.23. The lowest BCUT2D eigenvalue weighted by molar-refractivity contribution is 0.222. The SMILES string of the molecule is CN(CCCN1CCN(c2ncccn2)CC1)Cc1cc(-c2ccccc2F)no1. The number of anilines is 1. The molecule has 0 unspecified atom stereocenters. The van der Waals surface area contributed by atoms with Gasteiger partial charge in [-0.25, -0.2) is 14.4 Å². The van der Waals surface area contributed by atoms with Crippen molar-refractivity contribution in [3.8, 4) is 11.3 Å². The summed E-state index contributed by atoms with van der Waals surface area (Å²) in [6.07, 6.45) is 4.66. The van der Waals surface area contributed by atoms with Gasteiger partial charge in [0.25, 0.3) is 0 Å². The van der Waals surface area contributed by atoms with Crippen LogP contribution >= 0.6 is 0 Å². The van der Waals surface area contributed by atoms with Crippen molar-refractivity contribution in [2.24, 2.45) is 0 Å². The fourth-order valence-corrected chi connectivity index (χ4v) is 3.72. The van der Waals surface area contributed by atoms with Crippen molar-refractivity contribution in [1.82, 2.24) is 24.9 Å². The van der Waals surface area contributed by atoms with Crippen LogP contribution in [0.3, 0.4) is 0 Å². The van der Waals surface area contributed by atoms with Gasteiger partial charge in [-0.1, -0.05) is 17.3 Å². The van der Waals surface area contributed by atoms with E-state index in [0.29, 0.717) is 17.8 Å². The van der Waals surface area contributed by atoms with E-state index in [1.165, 1.54) is 6.07 Å². The van der Waals surface area contributed by atoms with Crippen LogP contribution in [0.1, 0.15) is 12.2 Å². The number of benzene rings is 1. The summed E-state index contributed by atoms with van der Waals surface area (Å²) in [5.41, 5.74) is 1.01. The van der Waals surface area contributed by atoms with Crippen molar-refractivity contribution < 1.29 is 8.91 Å². The van der Waals surface area contributed by atoms with E-state index in [0.717, 1.165) is 57.4 Å². The second kappa shape index (κ2) is 9.77. The lowest BCUT2D eigenvalue weighted by atomic mass is 10.1. The molecule has 2 aromatic heterocycles. The van der Waals surface area contributed by atoms with Gasteiger partial charge in [0.15, 0.2) is 5.76 Å². The zero-order chi connectivity index (χ0) is 20.8. The van der Waals surface area contributed by atoms with Gasteiger partial charge < -0.3 is 9.42 Å². The van der Waals surface area contributed by atoms with E-state index in [2.05, 4.69) is 36.9 Å². The highest BCUT2D eigenvalue weighted by Crippen LogP contribution is 2.22. The van der Waals surface area contributed by atoms with Gasteiger partial charge in [0.1, 0.15) is 11.5 Å². The number of halogens is 1. The van der Waals surface area contributed by atoms with Gasteiger partial charge in [-0.2, -0.15) is 0 Å². The molecule has 1 fully saturated rings. The first-order valence-electron chi connectivity index (χ1n) is 10.3. The Morgan fingerprint density at radius 2 is 1.83 bits per heavy atom. The van der Waals surface area contributed by atoms with Crippen LogP contribution in [-0.4, -0.2) is 71.2 Å². The Balaban J connectivity index is 1.18. The van der Waals surface area contributed by atoms with Crippen molar-refractivity contribution in [2.75, 3.05) is 51.2 Å². The van der Waals surface area contributed by atoms with Crippen LogP contribution in [0.2, 0.25) is 0 Å². The monoisotopic (exact) mass is 410 g/mol. The molecule has 0 bridgehead atoms. The van der Waals surface area contributed by atoms with Crippen LogP contribution in [0.25, 0.3) is 11.3 Å². The number of aromatic nitrogens is 3. The van der Waals surface area contributed by atoms with Crippen molar-refractivity contribution in [3.63, 3.8) is 0 Å². The molecule has 1 aliphatic rings. The fraction of sp³-hybridized carbons (Fsp3) is 0.409. The summed E-state index contributed by atoms with van der Waals surface area (Å²) in [6.45, 7) is 6.63. The van der Waals surface area contributed by atoms with Crippen LogP contribution in [0, 0.1) is 5.82 Å². The van der Waals surface area contributed by atoms with Gasteiger partial charge >= 0.3 is 0 Å². The lowest BCUT2D eigenvalue weighted by Gasteiger charge is -2.34. The molecule has 1 aliphatic heterocycles. The molecule has 158 valence electrons. The zero-order valence-corrected chi connectivity index (χ0v) is 17.2. The maximum absolute atomic E-state index is 13.9. The largest absolute Gasteiger partial charge is 0.359 e. The first-order valence-corrected chi connectivity index (χ1v) is 10.3. The van der Waals surface area contributed by atoms with Gasteiger partial charge in [0, 0.05) is 50.2 Å². The van der Waals surface area contributed by atoms with E-state index in [1.807, 2.05) is 12.1 Å². The quantitative estimate of drug-likeness (QED) is 0.566. The Kier molecular flexibility index (Phi) is 6.66. The zero-order valence-electron chi connectivity index (χ0n) is 17.2. The van der Waals surface area contributed by atoms with Crippen LogP contribution in [0.15, 0.2) is 53.3 Å². The molecule has 0 amide bonds. The van der Waals surface area contributed by atoms with Crippen LogP contribution < -0.4 is 4.90 Å². The third-order valence-electron chi connectivity index (χ3n) is 5.36. The van der Waals surface area contributed by atoms with Gasteiger partial charge in [-0.15, -0.1) is 0 Å². The topological polar surface area (TPSA) is 61.5 Å². The minimum atomic E-state index is -0.287. The molecular formula is C22H27FN6O. The predicted molar refractivity (Wildman–Crippen MR) is 114 cm³/mol. The van der Waals surface area contributed by atoms with Crippen molar-refractivity contribution in [1.29, 1.82) is 0 Å². The Morgan fingerprint density at radius 1 is 1.07 bits per heavy atom. The predicted octanol–water partition coefficient (Wildman–Crippen LogP) is 2.91. The van der Waals surface area contributed by atoms with Crippen molar-refractivity contribution in [3.05, 3.63) is 60.4 Å². The summed E-state index contributed by atoms with van der Waals surface area (Å²) < 4.78 is 19.3. The van der Waals surface area contributed by atoms with Gasteiger partial charge in [-0.05, 0) is 44.8 Å². The molecule has 3 heterocycles. The number of hydrogen-bond acceptors (Lipinski definition) is 7. The van der Waals surface area contributed by atoms with E-state index in [-0.39, 0.29) is 5.82 Å². The highest BCUT2D eigenvalue weighted by Gasteiger charge is 2.18. The van der Waals surface area contributed by atoms with E-state index >= 15 is 0 Å². The standard InChI is InChI=1S/C22H27FN6O/c1-27(17-18-16-21(26-30-18)19-6-2-3-7-20(19)23)10-5-11-28-12-14-29(15-13-28)22-24-8-4-9-25-22/h2-4,6-9,16H,5,10-15,17H2,1H3. The van der Waals surface area contributed by atoms with Crippen molar-refractivity contribution in [2.45, 2.75) is 13.0 Å². The molecule has 0 N–H and O–H groups in total. The van der Waals surface area contributed by atoms with E-state index < -0.39 is 0 Å². The number of hydrogen-bond donors (Lipinski definition) is 0. The highest BCUT2D eigenvalue weighted by molar-refractivity contribution is 5.59. The summed E-state index contributed by atoms with van der Waals surface area (Å²) in [5, 5.41) is 4.02. The number of rotatable bonds is 8. The van der Waals surface area contributed by atoms with E-state index in [4.69, 9.17) is 4.52 Å². The molecular weight excluding hydrogens is 383 g/mol. The number of piperazine rings is 1. The summed E-state index contributed by atoms with van der Waals surface area (Å²) in [7, 11) is 2.07. The molecule has 4 rings (SSSR count). The Hall–Kier alpha value is -2.84. The summed E-state index contributed by atoms with van der Waals surface area (Å²) in [6, 6.07) is 10.3. The molecule has 0 spiro atoms. The molecule has 7 nitrogen and oxygen atoms in total. The molecule has 0 radical (unpaired) electrons. The number of nitrogens with zero attached hydrogens (tertiary/aromatic N) is 6. The Morgan fingerprint density at radius 3 is 2.60 bits per heavy atom. The molecule has 1 aromatic carbocycles. The molecule has 0 atom stereocenters. The summed E-state index contributed by atoms with van der Waals surface area (Å²) in [4.78, 5) is 15.6. The van der Waals surface area contributed by atoms with Gasteiger partial charge in [0.2, 0.25) is 5.95 Å². The smallest absolute Gasteiger partial charge is 0.225 e. The summed E-state index contributed by atoms with van der Waals surface area (Å²) in [5.74, 6) is 1.27. The molecule has 0 aliphatic carbocycles. The minimum Gasteiger partial charge on any atom is -0.359 e. The summed E-state index contributed by atoms with van der Waals surface area (Å²) >= 11 is 0. The van der Waals surface area contributed by atoms with Crippen LogP contribution in [-0.2, 0) is 6.54 Å². The third kappa shape index (κ3) is 5.20. The molecule has 30 heavy (non-hydrogen) atoms. The normalized spacial score (nSPS) is 15.1. The maximum Gasteiger partial charge on any atom is 0.225 e. The minimum absolute atomic E-state index is 0.287. The third-order valence-corrected chi connectivity index (χ3v) is 5.36.